The highest BCUT2D eigenvalue weighted by Crippen LogP contribution is 2.36. The van der Waals surface area contributed by atoms with Crippen molar-refractivity contribution in [1.82, 2.24) is 4.90 Å². The van der Waals surface area contributed by atoms with E-state index in [4.69, 9.17) is 9.47 Å². The summed E-state index contributed by atoms with van der Waals surface area (Å²) < 4.78 is 11.3. The van der Waals surface area contributed by atoms with Crippen LogP contribution in [0.4, 0.5) is 0 Å². The molecule has 0 aliphatic carbocycles. The molecule has 29 heavy (non-hydrogen) atoms. The third-order valence-electron chi connectivity index (χ3n) is 6.06. The van der Waals surface area contributed by atoms with Crippen LogP contribution in [0.5, 0.6) is 5.75 Å². The summed E-state index contributed by atoms with van der Waals surface area (Å²) >= 11 is 0. The summed E-state index contributed by atoms with van der Waals surface area (Å²) in [5.74, 6) is 0.519. The monoisotopic (exact) mass is 413 g/mol. The second kappa shape index (κ2) is 9.47. The fourth-order valence-corrected chi connectivity index (χ4v) is 4.42. The number of ether oxygens (including phenoxy) is 2. The maximum atomic E-state index is 13.2. The standard InChI is InChI=1S/C24H27NO3.ClH/c1-25-19-10-11-20(25)16-22(15-19)28-24(26)23(14-17-6-4-3-5-7-17)18-8-12-21(27-2)13-9-18;/h3-9,12-14,19-20,22H,10-11,15-16H2,1-2H3;1H/b23-14+;/t19-,20+,22?;. The lowest BCUT2D eigenvalue weighted by molar-refractivity contribution is -0.144. The lowest BCUT2D eigenvalue weighted by atomic mass is 9.99. The van der Waals surface area contributed by atoms with Gasteiger partial charge in [-0.05, 0) is 49.2 Å². The van der Waals surface area contributed by atoms with Crippen molar-refractivity contribution in [2.24, 2.45) is 0 Å². The summed E-state index contributed by atoms with van der Waals surface area (Å²) in [6.45, 7) is 0. The van der Waals surface area contributed by atoms with Crippen molar-refractivity contribution < 1.29 is 14.3 Å². The van der Waals surface area contributed by atoms with E-state index in [1.54, 1.807) is 7.11 Å². The minimum absolute atomic E-state index is 0. The molecule has 2 aromatic rings. The summed E-state index contributed by atoms with van der Waals surface area (Å²) in [6.07, 6.45) is 6.19. The molecule has 2 fully saturated rings. The molecule has 0 saturated carbocycles. The molecule has 4 nitrogen and oxygen atoms in total. The van der Waals surface area contributed by atoms with Gasteiger partial charge in [0, 0.05) is 24.9 Å². The molecule has 0 N–H and O–H groups in total. The number of methoxy groups -OCH3 is 1. The van der Waals surface area contributed by atoms with Crippen LogP contribution in [0, 0.1) is 0 Å². The molecule has 3 atom stereocenters. The van der Waals surface area contributed by atoms with Crippen LogP contribution < -0.4 is 4.74 Å². The Hall–Kier alpha value is -2.30. The Kier molecular flexibility index (Phi) is 6.99. The molecule has 2 aromatic carbocycles. The van der Waals surface area contributed by atoms with E-state index in [1.165, 1.54) is 12.8 Å². The molecule has 1 unspecified atom stereocenters. The number of halogens is 1. The van der Waals surface area contributed by atoms with Crippen molar-refractivity contribution in [1.29, 1.82) is 0 Å². The van der Waals surface area contributed by atoms with Gasteiger partial charge in [0.15, 0.2) is 0 Å². The van der Waals surface area contributed by atoms with E-state index in [1.807, 2.05) is 60.7 Å². The van der Waals surface area contributed by atoms with Crippen LogP contribution in [0.2, 0.25) is 0 Å². The highest BCUT2D eigenvalue weighted by atomic mass is 35.5. The van der Waals surface area contributed by atoms with E-state index < -0.39 is 0 Å². The van der Waals surface area contributed by atoms with Crippen LogP contribution in [-0.2, 0) is 9.53 Å². The Bertz CT molecular complexity index is 836. The lowest BCUT2D eigenvalue weighted by Gasteiger charge is -2.35. The normalized spacial score (nSPS) is 23.9. The predicted octanol–water partition coefficient (Wildman–Crippen LogP) is 4.83. The van der Waals surface area contributed by atoms with Crippen molar-refractivity contribution >= 4 is 30.0 Å². The van der Waals surface area contributed by atoms with Gasteiger partial charge < -0.3 is 14.4 Å². The lowest BCUT2D eigenvalue weighted by Crippen LogP contribution is -2.43. The van der Waals surface area contributed by atoms with Crippen molar-refractivity contribution in [2.75, 3.05) is 14.2 Å². The number of esters is 1. The SMILES string of the molecule is COc1ccc(/C(=C\c2ccccc2)C(=O)OC2C[C@H]3CC[C@@H](C2)N3C)cc1.Cl. The number of rotatable bonds is 5. The van der Waals surface area contributed by atoms with Gasteiger partial charge in [0.1, 0.15) is 11.9 Å². The van der Waals surface area contributed by atoms with Crippen molar-refractivity contribution in [2.45, 2.75) is 43.9 Å². The maximum Gasteiger partial charge on any atom is 0.339 e. The van der Waals surface area contributed by atoms with Crippen LogP contribution in [0.1, 0.15) is 36.8 Å². The van der Waals surface area contributed by atoms with Crippen LogP contribution >= 0.6 is 12.4 Å². The van der Waals surface area contributed by atoms with E-state index in [2.05, 4.69) is 11.9 Å². The number of piperidine rings is 1. The van der Waals surface area contributed by atoms with Gasteiger partial charge in [-0.1, -0.05) is 42.5 Å². The van der Waals surface area contributed by atoms with Gasteiger partial charge in [-0.3, -0.25) is 0 Å². The molecule has 0 radical (unpaired) electrons. The van der Waals surface area contributed by atoms with Gasteiger partial charge in [0.25, 0.3) is 0 Å². The summed E-state index contributed by atoms with van der Waals surface area (Å²) in [6, 6.07) is 18.5. The molecular weight excluding hydrogens is 386 g/mol. The number of benzene rings is 2. The molecule has 5 heteroatoms. The zero-order chi connectivity index (χ0) is 19.5. The Morgan fingerprint density at radius 2 is 1.62 bits per heavy atom. The molecule has 4 rings (SSSR count). The smallest absolute Gasteiger partial charge is 0.339 e. The number of hydrogen-bond acceptors (Lipinski definition) is 4. The van der Waals surface area contributed by atoms with E-state index in [0.717, 1.165) is 29.7 Å². The summed E-state index contributed by atoms with van der Waals surface area (Å²) in [5, 5.41) is 0. The molecule has 2 saturated heterocycles. The predicted molar refractivity (Wildman–Crippen MR) is 118 cm³/mol. The molecule has 2 aliphatic rings. The third kappa shape index (κ3) is 4.82. The van der Waals surface area contributed by atoms with Gasteiger partial charge in [-0.15, -0.1) is 12.4 Å². The van der Waals surface area contributed by atoms with Gasteiger partial charge in [0.2, 0.25) is 0 Å². The first kappa shape index (κ1) is 21.4. The average Bonchev–Trinajstić information content (AvgIpc) is 2.93. The Labute approximate surface area is 178 Å². The summed E-state index contributed by atoms with van der Waals surface area (Å²) in [7, 11) is 3.83. The second-order valence-electron chi connectivity index (χ2n) is 7.75. The van der Waals surface area contributed by atoms with Crippen molar-refractivity contribution in [3.63, 3.8) is 0 Å². The summed E-state index contributed by atoms with van der Waals surface area (Å²) in [5.41, 5.74) is 2.40. The van der Waals surface area contributed by atoms with Crippen LogP contribution in [0.15, 0.2) is 54.6 Å². The number of fused-ring (bicyclic) bond motifs is 2. The van der Waals surface area contributed by atoms with Crippen molar-refractivity contribution in [3.05, 3.63) is 65.7 Å². The third-order valence-corrected chi connectivity index (χ3v) is 6.06. The Morgan fingerprint density at radius 1 is 1.00 bits per heavy atom. The topological polar surface area (TPSA) is 38.8 Å². The number of nitrogens with zero attached hydrogens (tertiary/aromatic N) is 1. The Balaban J connectivity index is 0.00000240. The van der Waals surface area contributed by atoms with E-state index in [0.29, 0.717) is 17.7 Å². The maximum absolute atomic E-state index is 13.2. The molecule has 2 aliphatic heterocycles. The first-order valence-corrected chi connectivity index (χ1v) is 9.98. The van der Waals surface area contributed by atoms with E-state index in [9.17, 15) is 4.79 Å². The number of carbonyl (C=O) groups is 1. The number of carbonyl (C=O) groups excluding carboxylic acids is 1. The van der Waals surface area contributed by atoms with Gasteiger partial charge in [0.05, 0.1) is 12.7 Å². The number of hydrogen-bond donors (Lipinski definition) is 0. The van der Waals surface area contributed by atoms with E-state index in [-0.39, 0.29) is 24.5 Å². The highest BCUT2D eigenvalue weighted by Gasteiger charge is 2.40. The first-order chi connectivity index (χ1) is 13.6. The molecule has 2 bridgehead atoms. The van der Waals surface area contributed by atoms with Gasteiger partial charge in [-0.25, -0.2) is 4.79 Å². The molecular formula is C24H28ClNO3. The molecule has 0 spiro atoms. The van der Waals surface area contributed by atoms with Crippen molar-refractivity contribution in [3.8, 4) is 5.75 Å². The second-order valence-corrected chi connectivity index (χ2v) is 7.75. The zero-order valence-corrected chi connectivity index (χ0v) is 17.7. The van der Waals surface area contributed by atoms with Crippen LogP contribution in [-0.4, -0.2) is 43.2 Å². The highest BCUT2D eigenvalue weighted by molar-refractivity contribution is 6.21. The largest absolute Gasteiger partial charge is 0.497 e. The van der Waals surface area contributed by atoms with Crippen LogP contribution in [0.3, 0.4) is 0 Å². The fraction of sp³-hybridized carbons (Fsp3) is 0.375. The fourth-order valence-electron chi connectivity index (χ4n) is 4.42. The minimum atomic E-state index is -0.247. The van der Waals surface area contributed by atoms with E-state index >= 15 is 0 Å². The minimum Gasteiger partial charge on any atom is -0.497 e. The molecule has 0 aromatic heterocycles. The quantitative estimate of drug-likeness (QED) is 0.400. The zero-order valence-electron chi connectivity index (χ0n) is 16.9. The molecule has 0 amide bonds. The van der Waals surface area contributed by atoms with Gasteiger partial charge >= 0.3 is 5.97 Å². The molecule has 2 heterocycles. The average molecular weight is 414 g/mol. The first-order valence-electron chi connectivity index (χ1n) is 9.98. The molecule has 154 valence electrons. The summed E-state index contributed by atoms with van der Waals surface area (Å²) in [4.78, 5) is 15.6. The van der Waals surface area contributed by atoms with Gasteiger partial charge in [-0.2, -0.15) is 0 Å². The Morgan fingerprint density at radius 3 is 2.21 bits per heavy atom. The van der Waals surface area contributed by atoms with Crippen LogP contribution in [0.25, 0.3) is 11.6 Å².